The van der Waals surface area contributed by atoms with Crippen molar-refractivity contribution in [3.05, 3.63) is 57.4 Å². The van der Waals surface area contributed by atoms with Gasteiger partial charge >= 0.3 is 0 Å². The fraction of sp³-hybridized carbons (Fsp3) is 0.333. The number of aromatic nitrogens is 1. The van der Waals surface area contributed by atoms with Crippen molar-refractivity contribution in [1.82, 2.24) is 5.16 Å². The zero-order valence-corrected chi connectivity index (χ0v) is 20.9. The van der Waals surface area contributed by atoms with Gasteiger partial charge in [-0.05, 0) is 44.2 Å². The molecule has 0 spiro atoms. The van der Waals surface area contributed by atoms with Crippen LogP contribution in [0.5, 0.6) is 5.75 Å². The number of hydrogen-bond donors (Lipinski definition) is 6. The molecule has 0 unspecified atom stereocenters. The second kappa shape index (κ2) is 8.16. The summed E-state index contributed by atoms with van der Waals surface area (Å²) in [6.07, 6.45) is -0.244. The van der Waals surface area contributed by atoms with Crippen molar-refractivity contribution in [2.24, 2.45) is 17.6 Å². The van der Waals surface area contributed by atoms with E-state index in [9.17, 15) is 43.2 Å². The molecule has 0 aliphatic heterocycles. The van der Waals surface area contributed by atoms with Crippen LogP contribution in [0.4, 0.5) is 5.69 Å². The summed E-state index contributed by atoms with van der Waals surface area (Å²) in [6.45, 7) is 2.81. The molecule has 3 aliphatic carbocycles. The van der Waals surface area contributed by atoms with Gasteiger partial charge in [0.1, 0.15) is 22.8 Å². The number of primary amides is 1. The number of carbonyl (C=O) groups is 3. The van der Waals surface area contributed by atoms with E-state index in [1.54, 1.807) is 0 Å². The average Bonchev–Trinajstić information content (AvgIpc) is 3.16. The lowest BCUT2D eigenvalue weighted by Crippen LogP contribution is -2.57. The number of aromatic hydroxyl groups is 1. The van der Waals surface area contributed by atoms with Crippen molar-refractivity contribution in [2.75, 3.05) is 4.72 Å². The Morgan fingerprint density at radius 2 is 1.87 bits per heavy atom. The predicted molar refractivity (Wildman–Crippen MR) is 128 cm³/mol. The van der Waals surface area contributed by atoms with Crippen molar-refractivity contribution in [3.8, 4) is 5.75 Å². The van der Waals surface area contributed by atoms with Crippen LogP contribution in [-0.2, 0) is 26.0 Å². The van der Waals surface area contributed by atoms with Crippen LogP contribution >= 0.6 is 0 Å². The molecule has 14 heteroatoms. The fourth-order valence-electron chi connectivity index (χ4n) is 5.73. The van der Waals surface area contributed by atoms with E-state index in [2.05, 4.69) is 9.88 Å². The van der Waals surface area contributed by atoms with Crippen molar-refractivity contribution in [2.45, 2.75) is 43.6 Å². The summed E-state index contributed by atoms with van der Waals surface area (Å²) in [5.41, 5.74) is 1.06. The first-order chi connectivity index (χ1) is 17.7. The number of phenolic OH excluding ortho intramolecular Hbond substituents is 1. The lowest BCUT2D eigenvalue weighted by molar-refractivity contribution is -0.144. The number of amides is 1. The van der Waals surface area contributed by atoms with Crippen LogP contribution in [0.15, 0.2) is 44.2 Å². The maximum Gasteiger partial charge on any atom is 0.267 e. The van der Waals surface area contributed by atoms with Crippen LogP contribution in [0.25, 0.3) is 0 Å². The molecule has 1 amide bonds. The predicted octanol–water partition coefficient (Wildman–Crippen LogP) is 0.986. The monoisotopic (exact) mass is 545 g/mol. The standard InChI is InChI=1S/C24H23N3O10S/c1-8-20(9(2)37-26-8)38(35,36)27-13-4-3-10-5-11-6-12-7-14(28)17(23(25)33)22(32)24(12,34)21(31)16(11)19(30)15(10)18(13)29/h3-4,11-12,27-29,31,34H,5-7H2,1-2H3,(H2,25,33)/t11-,12-,24-/m0/s1. The van der Waals surface area contributed by atoms with Gasteiger partial charge in [-0.3, -0.25) is 19.1 Å². The highest BCUT2D eigenvalue weighted by molar-refractivity contribution is 7.92. The van der Waals surface area contributed by atoms with E-state index in [1.807, 2.05) is 0 Å². The number of Topliss-reactive ketones (excluding diaryl/α,β-unsaturated/α-hetero) is 2. The zero-order valence-electron chi connectivity index (χ0n) is 20.1. The molecule has 5 rings (SSSR count). The molecular weight excluding hydrogens is 522 g/mol. The van der Waals surface area contributed by atoms with Crippen molar-refractivity contribution in [1.29, 1.82) is 0 Å². The molecule has 1 heterocycles. The van der Waals surface area contributed by atoms with Crippen molar-refractivity contribution >= 4 is 33.2 Å². The minimum atomic E-state index is -4.28. The molecule has 7 N–H and O–H groups in total. The largest absolute Gasteiger partial charge is 0.511 e. The summed E-state index contributed by atoms with van der Waals surface area (Å²) >= 11 is 0. The SMILES string of the molecule is Cc1noc(C)c1S(=O)(=O)Nc1ccc2c(c1O)C(=O)C1=C(O)[C@]3(O)C(=O)C(C(N)=O)=C(O)C[C@@H]3C[C@@H]1C2. The first kappa shape index (κ1) is 25.5. The lowest BCUT2D eigenvalue weighted by Gasteiger charge is -2.45. The van der Waals surface area contributed by atoms with E-state index < -0.39 is 67.8 Å². The van der Waals surface area contributed by atoms with Gasteiger partial charge in [0.2, 0.25) is 5.78 Å². The van der Waals surface area contributed by atoms with Gasteiger partial charge in [-0.2, -0.15) is 0 Å². The second-order valence-electron chi connectivity index (χ2n) is 9.67. The van der Waals surface area contributed by atoms with E-state index in [0.717, 1.165) is 0 Å². The van der Waals surface area contributed by atoms with Crippen LogP contribution < -0.4 is 10.5 Å². The van der Waals surface area contributed by atoms with Gasteiger partial charge in [0.05, 0.1) is 11.3 Å². The molecule has 38 heavy (non-hydrogen) atoms. The number of aliphatic hydroxyl groups excluding tert-OH is 2. The molecule has 200 valence electrons. The van der Waals surface area contributed by atoms with Crippen molar-refractivity contribution < 1.29 is 47.8 Å². The number of aliphatic hydroxyl groups is 3. The molecule has 0 radical (unpaired) electrons. The number of nitrogens with zero attached hydrogens (tertiary/aromatic N) is 1. The van der Waals surface area contributed by atoms with Gasteiger partial charge in [0, 0.05) is 17.9 Å². The van der Waals surface area contributed by atoms with Crippen LogP contribution in [-0.4, -0.2) is 57.1 Å². The van der Waals surface area contributed by atoms with Crippen LogP contribution in [0.3, 0.4) is 0 Å². The minimum absolute atomic E-state index is 0.00982. The highest BCUT2D eigenvalue weighted by Crippen LogP contribution is 2.52. The first-order valence-electron chi connectivity index (χ1n) is 11.5. The Kier molecular flexibility index (Phi) is 5.47. The van der Waals surface area contributed by atoms with E-state index in [-0.39, 0.29) is 52.4 Å². The number of aryl methyl sites for hydroxylation is 2. The molecule has 2 aromatic rings. The smallest absolute Gasteiger partial charge is 0.267 e. The number of rotatable bonds is 4. The third-order valence-corrected chi connectivity index (χ3v) is 9.02. The van der Waals surface area contributed by atoms with Gasteiger partial charge in [-0.15, -0.1) is 0 Å². The molecule has 3 aliphatic rings. The average molecular weight is 546 g/mol. The van der Waals surface area contributed by atoms with Crippen LogP contribution in [0.2, 0.25) is 0 Å². The van der Waals surface area contributed by atoms with Gasteiger partial charge in [-0.1, -0.05) is 11.2 Å². The first-order valence-corrected chi connectivity index (χ1v) is 13.0. The fourth-order valence-corrected chi connectivity index (χ4v) is 7.13. The Bertz CT molecular complexity index is 1610. The quantitative estimate of drug-likeness (QED) is 0.234. The molecule has 0 fully saturated rings. The molecule has 3 atom stereocenters. The molecule has 13 nitrogen and oxygen atoms in total. The number of nitrogens with one attached hydrogen (secondary N) is 1. The maximum absolute atomic E-state index is 13.6. The lowest BCUT2D eigenvalue weighted by atomic mass is 9.60. The number of sulfonamides is 1. The van der Waals surface area contributed by atoms with E-state index >= 15 is 0 Å². The minimum Gasteiger partial charge on any atom is -0.511 e. The highest BCUT2D eigenvalue weighted by atomic mass is 32.2. The molecular formula is C24H23N3O10S. The topological polar surface area (TPSA) is 230 Å². The van der Waals surface area contributed by atoms with E-state index in [4.69, 9.17) is 10.3 Å². The number of allylic oxidation sites excluding steroid dienone is 2. The Morgan fingerprint density at radius 3 is 2.47 bits per heavy atom. The highest BCUT2D eigenvalue weighted by Gasteiger charge is 2.59. The van der Waals surface area contributed by atoms with Gasteiger partial charge in [0.15, 0.2) is 27.8 Å². The van der Waals surface area contributed by atoms with Crippen LogP contribution in [0, 0.1) is 25.7 Å². The zero-order chi connectivity index (χ0) is 27.9. The normalized spacial score (nSPS) is 25.1. The number of fused-ring (bicyclic) bond motifs is 3. The Morgan fingerprint density at radius 1 is 1.18 bits per heavy atom. The van der Waals surface area contributed by atoms with Crippen molar-refractivity contribution in [3.63, 3.8) is 0 Å². The van der Waals surface area contributed by atoms with E-state index in [0.29, 0.717) is 5.56 Å². The third kappa shape index (κ3) is 3.36. The summed E-state index contributed by atoms with van der Waals surface area (Å²) in [6, 6.07) is 2.73. The van der Waals surface area contributed by atoms with Gasteiger partial charge in [-0.25, -0.2) is 8.42 Å². The summed E-state index contributed by atoms with van der Waals surface area (Å²) in [5, 5.41) is 47.1. The van der Waals surface area contributed by atoms with Gasteiger partial charge in [0.25, 0.3) is 15.9 Å². The number of hydrogen-bond acceptors (Lipinski definition) is 11. The van der Waals surface area contributed by atoms with Gasteiger partial charge < -0.3 is 30.7 Å². The molecule has 0 bridgehead atoms. The Balaban J connectivity index is 1.59. The summed E-state index contributed by atoms with van der Waals surface area (Å²) < 4.78 is 33.0. The number of phenols is 1. The summed E-state index contributed by atoms with van der Waals surface area (Å²) in [7, 11) is -4.28. The van der Waals surface area contributed by atoms with E-state index in [1.165, 1.54) is 26.0 Å². The molecule has 1 aromatic carbocycles. The Labute approximate surface area is 215 Å². The molecule has 0 saturated carbocycles. The maximum atomic E-state index is 13.6. The second-order valence-corrected chi connectivity index (χ2v) is 11.3. The number of nitrogens with two attached hydrogens (primary N) is 1. The molecule has 1 aromatic heterocycles. The number of ketones is 2. The molecule has 0 saturated heterocycles. The summed E-state index contributed by atoms with van der Waals surface area (Å²) in [4.78, 5) is 38.1. The van der Waals surface area contributed by atoms with Crippen LogP contribution in [0.1, 0.15) is 40.2 Å². The number of benzene rings is 1. The number of anilines is 1. The number of carbonyl (C=O) groups excluding carboxylic acids is 3. The summed E-state index contributed by atoms with van der Waals surface area (Å²) in [5.74, 6) is -7.60. The third-order valence-electron chi connectivity index (χ3n) is 7.42. The Hall–Kier alpha value is -4.17.